The molecule has 1 atom stereocenters. The highest BCUT2D eigenvalue weighted by molar-refractivity contribution is 5.84. The predicted octanol–water partition coefficient (Wildman–Crippen LogP) is -0.0291. The number of nitrogens with one attached hydrogen (secondary N) is 1. The van der Waals surface area contributed by atoms with Gasteiger partial charge in [-0.05, 0) is 13.3 Å². The third-order valence-electron chi connectivity index (χ3n) is 4.21. The number of carboxylic acids is 1. The molecule has 0 saturated carbocycles. The highest BCUT2D eigenvalue weighted by Crippen LogP contribution is 2.32. The standard InChI is InChI=1S/C13H21N3O4/c1-13(11(19)14-2)3-4-15(8-13)12(20)16-6-9(7-16)5-10(17)18/h9H,3-8H2,1-2H3,(H,14,19)(H,17,18). The molecule has 0 aromatic rings. The summed E-state index contributed by atoms with van der Waals surface area (Å²) in [6.07, 6.45) is 0.768. The molecule has 7 heteroatoms. The zero-order chi connectivity index (χ0) is 14.9. The van der Waals surface area contributed by atoms with Gasteiger partial charge in [-0.1, -0.05) is 0 Å². The molecule has 2 aliphatic heterocycles. The molecule has 2 heterocycles. The zero-order valence-electron chi connectivity index (χ0n) is 11.9. The molecule has 0 bridgehead atoms. The largest absolute Gasteiger partial charge is 0.481 e. The van der Waals surface area contributed by atoms with Crippen molar-refractivity contribution in [2.24, 2.45) is 11.3 Å². The Morgan fingerprint density at radius 3 is 2.50 bits per heavy atom. The van der Waals surface area contributed by atoms with Crippen LogP contribution in [0.15, 0.2) is 0 Å². The Morgan fingerprint density at radius 2 is 1.95 bits per heavy atom. The zero-order valence-corrected chi connectivity index (χ0v) is 11.9. The highest BCUT2D eigenvalue weighted by Gasteiger charge is 2.44. The van der Waals surface area contributed by atoms with Gasteiger partial charge in [-0.25, -0.2) is 4.79 Å². The van der Waals surface area contributed by atoms with E-state index in [4.69, 9.17) is 5.11 Å². The van der Waals surface area contributed by atoms with Gasteiger partial charge in [-0.3, -0.25) is 9.59 Å². The summed E-state index contributed by atoms with van der Waals surface area (Å²) in [6, 6.07) is -0.0840. The Labute approximate surface area is 117 Å². The van der Waals surface area contributed by atoms with Gasteiger partial charge in [0.05, 0.1) is 11.8 Å². The summed E-state index contributed by atoms with van der Waals surface area (Å²) >= 11 is 0. The minimum absolute atomic E-state index is 0.0415. The fourth-order valence-electron chi connectivity index (χ4n) is 2.91. The van der Waals surface area contributed by atoms with Crippen LogP contribution in [-0.2, 0) is 9.59 Å². The van der Waals surface area contributed by atoms with Crippen molar-refractivity contribution in [2.45, 2.75) is 19.8 Å². The summed E-state index contributed by atoms with van der Waals surface area (Å²) in [5, 5.41) is 11.3. The second-order valence-corrected chi connectivity index (χ2v) is 5.96. The minimum atomic E-state index is -0.824. The number of likely N-dealkylation sites (tertiary alicyclic amines) is 2. The maximum Gasteiger partial charge on any atom is 0.320 e. The molecule has 2 saturated heterocycles. The fourth-order valence-corrected chi connectivity index (χ4v) is 2.91. The molecule has 7 nitrogen and oxygen atoms in total. The Morgan fingerprint density at radius 1 is 1.30 bits per heavy atom. The lowest BCUT2D eigenvalue weighted by Gasteiger charge is -2.40. The van der Waals surface area contributed by atoms with Crippen LogP contribution in [0.2, 0.25) is 0 Å². The third-order valence-corrected chi connectivity index (χ3v) is 4.21. The van der Waals surface area contributed by atoms with Crippen molar-refractivity contribution in [1.82, 2.24) is 15.1 Å². The topological polar surface area (TPSA) is 90.0 Å². The number of nitrogens with zero attached hydrogens (tertiary/aromatic N) is 2. The Kier molecular flexibility index (Phi) is 3.87. The number of carboxylic acid groups (broad SMARTS) is 1. The SMILES string of the molecule is CNC(=O)C1(C)CCN(C(=O)N2CC(CC(=O)O)C2)C1. The molecule has 0 radical (unpaired) electrons. The molecule has 0 aliphatic carbocycles. The first kappa shape index (κ1) is 14.6. The Balaban J connectivity index is 1.84. The first-order valence-corrected chi connectivity index (χ1v) is 6.83. The van der Waals surface area contributed by atoms with Crippen LogP contribution in [0.4, 0.5) is 4.79 Å². The van der Waals surface area contributed by atoms with Crippen LogP contribution in [0.3, 0.4) is 0 Å². The average Bonchev–Trinajstić information content (AvgIpc) is 2.75. The van der Waals surface area contributed by atoms with Gasteiger partial charge < -0.3 is 20.2 Å². The second kappa shape index (κ2) is 5.30. The molecular weight excluding hydrogens is 262 g/mol. The van der Waals surface area contributed by atoms with E-state index in [0.29, 0.717) is 32.6 Å². The van der Waals surface area contributed by atoms with Crippen LogP contribution in [0.1, 0.15) is 19.8 Å². The van der Waals surface area contributed by atoms with Gasteiger partial charge in [0, 0.05) is 39.1 Å². The number of rotatable bonds is 3. The number of carbonyl (C=O) groups excluding carboxylic acids is 2. The molecule has 2 N–H and O–H groups in total. The van der Waals surface area contributed by atoms with Gasteiger partial charge in [-0.2, -0.15) is 0 Å². The lowest BCUT2D eigenvalue weighted by molar-refractivity contribution is -0.139. The van der Waals surface area contributed by atoms with Crippen LogP contribution < -0.4 is 5.32 Å². The smallest absolute Gasteiger partial charge is 0.320 e. The van der Waals surface area contributed by atoms with E-state index in [9.17, 15) is 14.4 Å². The van der Waals surface area contributed by atoms with Gasteiger partial charge in [-0.15, -0.1) is 0 Å². The van der Waals surface area contributed by atoms with Crippen molar-refractivity contribution in [1.29, 1.82) is 0 Å². The molecular formula is C13H21N3O4. The summed E-state index contributed by atoms with van der Waals surface area (Å²) in [7, 11) is 1.60. The molecule has 2 fully saturated rings. The van der Waals surface area contributed by atoms with Crippen molar-refractivity contribution in [3.8, 4) is 0 Å². The van der Waals surface area contributed by atoms with Crippen LogP contribution in [0.25, 0.3) is 0 Å². The maximum atomic E-state index is 12.2. The van der Waals surface area contributed by atoms with Crippen molar-refractivity contribution in [2.75, 3.05) is 33.2 Å². The molecule has 20 heavy (non-hydrogen) atoms. The Bertz CT molecular complexity index is 433. The van der Waals surface area contributed by atoms with Crippen molar-refractivity contribution in [3.05, 3.63) is 0 Å². The molecule has 2 aliphatic rings. The molecule has 2 rings (SSSR count). The molecule has 112 valence electrons. The number of amides is 3. The molecule has 0 aromatic carbocycles. The second-order valence-electron chi connectivity index (χ2n) is 5.96. The summed E-state index contributed by atoms with van der Waals surface area (Å²) in [6.45, 7) is 3.85. The third kappa shape index (κ3) is 2.71. The van der Waals surface area contributed by atoms with Crippen LogP contribution in [-0.4, -0.2) is 66.0 Å². The number of hydrogen-bond acceptors (Lipinski definition) is 3. The summed E-state index contributed by atoms with van der Waals surface area (Å²) in [5.74, 6) is -0.806. The van der Waals surface area contributed by atoms with Gasteiger partial charge >= 0.3 is 12.0 Å². The molecule has 3 amide bonds. The average molecular weight is 283 g/mol. The summed E-state index contributed by atoms with van der Waals surface area (Å²) < 4.78 is 0. The van der Waals surface area contributed by atoms with Crippen LogP contribution >= 0.6 is 0 Å². The lowest BCUT2D eigenvalue weighted by Crippen LogP contribution is -2.55. The number of aliphatic carboxylic acids is 1. The van der Waals surface area contributed by atoms with E-state index in [1.807, 2.05) is 6.92 Å². The quantitative estimate of drug-likeness (QED) is 0.761. The molecule has 1 unspecified atom stereocenters. The predicted molar refractivity (Wildman–Crippen MR) is 71.1 cm³/mol. The normalized spacial score (nSPS) is 26.3. The Hall–Kier alpha value is -1.79. The van der Waals surface area contributed by atoms with Crippen molar-refractivity contribution >= 4 is 17.9 Å². The maximum absolute atomic E-state index is 12.2. The number of hydrogen-bond donors (Lipinski definition) is 2. The first-order valence-electron chi connectivity index (χ1n) is 6.83. The highest BCUT2D eigenvalue weighted by atomic mass is 16.4. The number of carbonyl (C=O) groups is 3. The van der Waals surface area contributed by atoms with E-state index in [0.717, 1.165) is 0 Å². The van der Waals surface area contributed by atoms with Crippen molar-refractivity contribution < 1.29 is 19.5 Å². The van der Waals surface area contributed by atoms with Crippen LogP contribution in [0.5, 0.6) is 0 Å². The monoisotopic (exact) mass is 283 g/mol. The van der Waals surface area contributed by atoms with E-state index >= 15 is 0 Å². The van der Waals surface area contributed by atoms with E-state index in [1.54, 1.807) is 16.8 Å². The molecule has 0 aromatic heterocycles. The minimum Gasteiger partial charge on any atom is -0.481 e. The van der Waals surface area contributed by atoms with E-state index in [1.165, 1.54) is 0 Å². The summed E-state index contributed by atoms with van der Waals surface area (Å²) in [4.78, 5) is 37.9. The fraction of sp³-hybridized carbons (Fsp3) is 0.769. The van der Waals surface area contributed by atoms with Crippen LogP contribution in [0, 0.1) is 11.3 Å². The van der Waals surface area contributed by atoms with Gasteiger partial charge in [0.1, 0.15) is 0 Å². The van der Waals surface area contributed by atoms with Gasteiger partial charge in [0.15, 0.2) is 0 Å². The van der Waals surface area contributed by atoms with Crippen molar-refractivity contribution in [3.63, 3.8) is 0 Å². The number of urea groups is 1. The lowest BCUT2D eigenvalue weighted by atomic mass is 9.89. The van der Waals surface area contributed by atoms with Gasteiger partial charge in [0.25, 0.3) is 0 Å². The van der Waals surface area contributed by atoms with Gasteiger partial charge in [0.2, 0.25) is 5.91 Å². The first-order chi connectivity index (χ1) is 9.35. The van der Waals surface area contributed by atoms with E-state index < -0.39 is 11.4 Å². The summed E-state index contributed by atoms with van der Waals surface area (Å²) in [5.41, 5.74) is -0.518. The molecule has 0 spiro atoms. The van der Waals surface area contributed by atoms with E-state index in [2.05, 4.69) is 5.32 Å². The van der Waals surface area contributed by atoms with E-state index in [-0.39, 0.29) is 24.3 Å².